The standard InChI is InChI=1S/C17H23N3O/c1-12-6-4-8-19(11-12)16(21)10-15-14(3)18-17-13(2)7-5-9-20(15)17/h5,7,9,12H,4,6,8,10-11H2,1-3H3. The normalized spacial score (nSPS) is 19.2. The van der Waals surface area contributed by atoms with Crippen LogP contribution < -0.4 is 0 Å². The van der Waals surface area contributed by atoms with E-state index in [9.17, 15) is 4.79 Å². The van der Waals surface area contributed by atoms with Gasteiger partial charge in [0.25, 0.3) is 0 Å². The largest absolute Gasteiger partial charge is 0.342 e. The Balaban J connectivity index is 1.86. The number of carbonyl (C=O) groups excluding carboxylic acids is 1. The van der Waals surface area contributed by atoms with Gasteiger partial charge >= 0.3 is 0 Å². The molecule has 1 atom stereocenters. The highest BCUT2D eigenvalue weighted by Crippen LogP contribution is 2.19. The summed E-state index contributed by atoms with van der Waals surface area (Å²) in [5.41, 5.74) is 4.09. The molecule has 3 rings (SSSR count). The molecular weight excluding hydrogens is 262 g/mol. The number of aromatic nitrogens is 2. The summed E-state index contributed by atoms with van der Waals surface area (Å²) in [5, 5.41) is 0. The molecule has 1 unspecified atom stereocenters. The van der Waals surface area contributed by atoms with Crippen LogP contribution in [0.15, 0.2) is 18.3 Å². The molecule has 1 amide bonds. The van der Waals surface area contributed by atoms with Gasteiger partial charge in [-0.3, -0.25) is 4.79 Å². The van der Waals surface area contributed by atoms with Crippen molar-refractivity contribution in [1.82, 2.24) is 14.3 Å². The molecule has 0 spiro atoms. The molecule has 21 heavy (non-hydrogen) atoms. The molecule has 112 valence electrons. The van der Waals surface area contributed by atoms with Crippen LogP contribution in [-0.2, 0) is 11.2 Å². The summed E-state index contributed by atoms with van der Waals surface area (Å²) in [6.07, 6.45) is 4.81. The minimum atomic E-state index is 0.230. The van der Waals surface area contributed by atoms with Gasteiger partial charge in [0.05, 0.1) is 17.8 Å². The number of aryl methyl sites for hydroxylation is 2. The van der Waals surface area contributed by atoms with Crippen molar-refractivity contribution < 1.29 is 4.79 Å². The second-order valence-electron chi connectivity index (χ2n) is 6.29. The predicted molar refractivity (Wildman–Crippen MR) is 83.3 cm³/mol. The number of piperidine rings is 1. The zero-order valence-corrected chi connectivity index (χ0v) is 13.1. The molecule has 2 aromatic rings. The SMILES string of the molecule is Cc1nc2c(C)cccn2c1CC(=O)N1CCCC(C)C1. The van der Waals surface area contributed by atoms with Gasteiger partial charge in [0.2, 0.25) is 5.91 Å². The molecule has 1 fully saturated rings. The molecule has 1 aliphatic heterocycles. The molecule has 1 aliphatic rings. The maximum atomic E-state index is 12.6. The van der Waals surface area contributed by atoms with Gasteiger partial charge in [-0.15, -0.1) is 0 Å². The fourth-order valence-corrected chi connectivity index (χ4v) is 3.25. The number of imidazole rings is 1. The lowest BCUT2D eigenvalue weighted by molar-refractivity contribution is -0.132. The van der Waals surface area contributed by atoms with Crippen LogP contribution in [0.5, 0.6) is 0 Å². The van der Waals surface area contributed by atoms with Gasteiger partial charge in [0.15, 0.2) is 0 Å². The van der Waals surface area contributed by atoms with Crippen LogP contribution in [-0.4, -0.2) is 33.3 Å². The van der Waals surface area contributed by atoms with Crippen LogP contribution in [0.3, 0.4) is 0 Å². The molecule has 0 aromatic carbocycles. The van der Waals surface area contributed by atoms with Crippen molar-refractivity contribution in [2.75, 3.05) is 13.1 Å². The first-order chi connectivity index (χ1) is 10.1. The smallest absolute Gasteiger partial charge is 0.228 e. The van der Waals surface area contributed by atoms with Crippen LogP contribution in [0.4, 0.5) is 0 Å². The number of rotatable bonds is 2. The Morgan fingerprint density at radius 3 is 3.00 bits per heavy atom. The lowest BCUT2D eigenvalue weighted by Crippen LogP contribution is -2.40. The lowest BCUT2D eigenvalue weighted by Gasteiger charge is -2.31. The third-order valence-electron chi connectivity index (χ3n) is 4.47. The predicted octanol–water partition coefficient (Wildman–Crippen LogP) is 2.75. The van der Waals surface area contributed by atoms with Crippen LogP contribution in [0.25, 0.3) is 5.65 Å². The second-order valence-corrected chi connectivity index (χ2v) is 6.29. The Labute approximate surface area is 125 Å². The van der Waals surface area contributed by atoms with E-state index < -0.39 is 0 Å². The molecule has 0 N–H and O–H groups in total. The van der Waals surface area contributed by atoms with E-state index in [-0.39, 0.29) is 5.91 Å². The van der Waals surface area contributed by atoms with Gasteiger partial charge in [-0.1, -0.05) is 13.0 Å². The van der Waals surface area contributed by atoms with Gasteiger partial charge in [0, 0.05) is 19.3 Å². The number of likely N-dealkylation sites (tertiary alicyclic amines) is 1. The molecule has 0 saturated carbocycles. The quantitative estimate of drug-likeness (QED) is 0.851. The number of amides is 1. The molecule has 3 heterocycles. The van der Waals surface area contributed by atoms with Crippen LogP contribution in [0.2, 0.25) is 0 Å². The van der Waals surface area contributed by atoms with Gasteiger partial charge in [0.1, 0.15) is 5.65 Å². The lowest BCUT2D eigenvalue weighted by atomic mass is 10.00. The number of carbonyl (C=O) groups is 1. The fourth-order valence-electron chi connectivity index (χ4n) is 3.25. The average Bonchev–Trinajstić information content (AvgIpc) is 2.77. The number of nitrogens with zero attached hydrogens (tertiary/aromatic N) is 3. The highest BCUT2D eigenvalue weighted by molar-refractivity contribution is 5.79. The van der Waals surface area contributed by atoms with E-state index in [1.54, 1.807) is 0 Å². The first-order valence-electron chi connectivity index (χ1n) is 7.77. The van der Waals surface area contributed by atoms with E-state index >= 15 is 0 Å². The van der Waals surface area contributed by atoms with Gasteiger partial charge in [-0.25, -0.2) is 4.98 Å². The van der Waals surface area contributed by atoms with E-state index in [4.69, 9.17) is 0 Å². The molecular formula is C17H23N3O. The molecule has 0 aliphatic carbocycles. The van der Waals surface area contributed by atoms with Crippen molar-refractivity contribution in [1.29, 1.82) is 0 Å². The number of pyridine rings is 1. The summed E-state index contributed by atoms with van der Waals surface area (Å²) < 4.78 is 2.07. The fraction of sp³-hybridized carbons (Fsp3) is 0.529. The van der Waals surface area contributed by atoms with Crippen molar-refractivity contribution in [3.05, 3.63) is 35.3 Å². The highest BCUT2D eigenvalue weighted by atomic mass is 16.2. The summed E-state index contributed by atoms with van der Waals surface area (Å²) in [5.74, 6) is 0.848. The summed E-state index contributed by atoms with van der Waals surface area (Å²) in [7, 11) is 0. The summed E-state index contributed by atoms with van der Waals surface area (Å²) in [6, 6.07) is 4.07. The Morgan fingerprint density at radius 2 is 2.24 bits per heavy atom. The van der Waals surface area contributed by atoms with Crippen molar-refractivity contribution in [3.8, 4) is 0 Å². The van der Waals surface area contributed by atoms with Crippen LogP contribution in [0, 0.1) is 19.8 Å². The Morgan fingerprint density at radius 1 is 1.43 bits per heavy atom. The van der Waals surface area contributed by atoms with Crippen LogP contribution >= 0.6 is 0 Å². The van der Waals surface area contributed by atoms with E-state index in [2.05, 4.69) is 29.3 Å². The maximum absolute atomic E-state index is 12.6. The van der Waals surface area contributed by atoms with Gasteiger partial charge in [-0.2, -0.15) is 0 Å². The monoisotopic (exact) mass is 285 g/mol. The Hall–Kier alpha value is -1.84. The second kappa shape index (κ2) is 5.51. The van der Waals surface area contributed by atoms with Gasteiger partial charge < -0.3 is 9.30 Å². The number of hydrogen-bond donors (Lipinski definition) is 0. The van der Waals surface area contributed by atoms with Gasteiger partial charge in [-0.05, 0) is 44.2 Å². The first kappa shape index (κ1) is 14.1. The first-order valence-corrected chi connectivity index (χ1v) is 7.77. The van der Waals surface area contributed by atoms with Crippen molar-refractivity contribution in [2.24, 2.45) is 5.92 Å². The Bertz CT molecular complexity index is 674. The van der Waals surface area contributed by atoms with Crippen LogP contribution in [0.1, 0.15) is 36.7 Å². The summed E-state index contributed by atoms with van der Waals surface area (Å²) in [6.45, 7) is 8.07. The maximum Gasteiger partial charge on any atom is 0.228 e. The molecule has 4 nitrogen and oxygen atoms in total. The van der Waals surface area contributed by atoms with E-state index in [0.29, 0.717) is 12.3 Å². The zero-order valence-electron chi connectivity index (χ0n) is 13.1. The van der Waals surface area contributed by atoms with E-state index in [1.165, 1.54) is 6.42 Å². The molecule has 2 aromatic heterocycles. The third-order valence-corrected chi connectivity index (χ3v) is 4.47. The zero-order chi connectivity index (χ0) is 15.0. The minimum absolute atomic E-state index is 0.230. The molecule has 4 heteroatoms. The minimum Gasteiger partial charge on any atom is -0.342 e. The van der Waals surface area contributed by atoms with Crippen molar-refractivity contribution >= 4 is 11.6 Å². The number of fused-ring (bicyclic) bond motifs is 1. The van der Waals surface area contributed by atoms with Crippen molar-refractivity contribution in [2.45, 2.75) is 40.0 Å². The number of hydrogen-bond acceptors (Lipinski definition) is 2. The third kappa shape index (κ3) is 2.67. The van der Waals surface area contributed by atoms with E-state index in [0.717, 1.165) is 42.1 Å². The summed E-state index contributed by atoms with van der Waals surface area (Å²) >= 11 is 0. The summed E-state index contributed by atoms with van der Waals surface area (Å²) in [4.78, 5) is 19.2. The molecule has 1 saturated heterocycles. The molecule has 0 radical (unpaired) electrons. The van der Waals surface area contributed by atoms with E-state index in [1.807, 2.05) is 24.1 Å². The molecule has 0 bridgehead atoms. The highest BCUT2D eigenvalue weighted by Gasteiger charge is 2.23. The average molecular weight is 285 g/mol. The Kier molecular flexibility index (Phi) is 3.70. The topological polar surface area (TPSA) is 37.6 Å². The van der Waals surface area contributed by atoms with Crippen molar-refractivity contribution in [3.63, 3.8) is 0 Å².